The summed E-state index contributed by atoms with van der Waals surface area (Å²) in [6, 6.07) is 7.94. The van der Waals surface area contributed by atoms with Gasteiger partial charge >= 0.3 is 0 Å². The zero-order chi connectivity index (χ0) is 19.9. The fourth-order valence-electron chi connectivity index (χ4n) is 3.19. The molecule has 2 aliphatic rings. The number of piperidine rings is 2. The van der Waals surface area contributed by atoms with E-state index in [-0.39, 0.29) is 6.10 Å². The maximum Gasteiger partial charge on any atom is 0.136 e. The van der Waals surface area contributed by atoms with Gasteiger partial charge in [-0.25, -0.2) is 9.97 Å². The van der Waals surface area contributed by atoms with E-state index in [1.165, 1.54) is 0 Å². The van der Waals surface area contributed by atoms with Crippen LogP contribution in [0.25, 0.3) is 0 Å². The molecule has 150 valence electrons. The van der Waals surface area contributed by atoms with E-state index in [2.05, 4.69) is 51.6 Å². The first-order valence-electron chi connectivity index (χ1n) is 9.44. The third-order valence-electron chi connectivity index (χ3n) is 4.86. The van der Waals surface area contributed by atoms with Crippen molar-refractivity contribution in [2.45, 2.75) is 31.8 Å². The monoisotopic (exact) mass is 510 g/mol. The van der Waals surface area contributed by atoms with Gasteiger partial charge in [-0.2, -0.15) is 0 Å². The molecular formula is C20H24Br2N4O2. The largest absolute Gasteiger partial charge is 0.393 e. The van der Waals surface area contributed by atoms with E-state index in [0.29, 0.717) is 18.6 Å². The van der Waals surface area contributed by atoms with Crippen molar-refractivity contribution >= 4 is 49.3 Å². The summed E-state index contributed by atoms with van der Waals surface area (Å²) in [4.78, 5) is 24.0. The van der Waals surface area contributed by atoms with Crippen molar-refractivity contribution in [2.24, 2.45) is 0 Å². The molecule has 1 N–H and O–H groups in total. The molecule has 2 saturated heterocycles. The Bertz CT molecular complexity index is 753. The molecule has 0 amide bonds. The standard InChI is InChI=1S/C10H13BrN2O.C10H11BrN2O/c2*11-8-1-2-10(12-7-8)13-5-3-9(14)4-6-13/h1-2,7,9,14H,3-6H2;1-2,7H,3-6H2. The fourth-order valence-corrected chi connectivity index (χ4v) is 3.66. The normalized spacial score (nSPS) is 17.9. The van der Waals surface area contributed by atoms with Gasteiger partial charge in [-0.3, -0.25) is 4.79 Å². The van der Waals surface area contributed by atoms with E-state index in [1.54, 1.807) is 12.4 Å². The Morgan fingerprint density at radius 2 is 1.29 bits per heavy atom. The van der Waals surface area contributed by atoms with Gasteiger partial charge in [0.1, 0.15) is 17.4 Å². The number of rotatable bonds is 2. The van der Waals surface area contributed by atoms with Crippen molar-refractivity contribution in [3.05, 3.63) is 45.6 Å². The number of aliphatic hydroxyl groups excluding tert-OH is 1. The summed E-state index contributed by atoms with van der Waals surface area (Å²) in [5, 5.41) is 9.36. The van der Waals surface area contributed by atoms with Crippen molar-refractivity contribution in [3.63, 3.8) is 0 Å². The summed E-state index contributed by atoms with van der Waals surface area (Å²) in [5.74, 6) is 2.32. The predicted molar refractivity (Wildman–Crippen MR) is 118 cm³/mol. The van der Waals surface area contributed by atoms with Gasteiger partial charge in [-0.15, -0.1) is 0 Å². The van der Waals surface area contributed by atoms with Gasteiger partial charge in [0.15, 0.2) is 0 Å². The molecule has 0 aromatic carbocycles. The Morgan fingerprint density at radius 1 is 0.821 bits per heavy atom. The second-order valence-corrected chi connectivity index (χ2v) is 8.74. The number of anilines is 2. The molecule has 0 aliphatic carbocycles. The molecule has 4 heterocycles. The number of halogens is 2. The minimum absolute atomic E-state index is 0.123. The molecule has 0 spiro atoms. The highest BCUT2D eigenvalue weighted by Gasteiger charge is 2.18. The van der Waals surface area contributed by atoms with Crippen LogP contribution in [0.1, 0.15) is 25.7 Å². The highest BCUT2D eigenvalue weighted by Crippen LogP contribution is 2.19. The minimum Gasteiger partial charge on any atom is -0.393 e. The molecule has 0 bridgehead atoms. The molecule has 6 nitrogen and oxygen atoms in total. The Labute approximate surface area is 182 Å². The highest BCUT2D eigenvalue weighted by molar-refractivity contribution is 9.10. The lowest BCUT2D eigenvalue weighted by Crippen LogP contribution is -2.36. The van der Waals surface area contributed by atoms with Crippen molar-refractivity contribution in [3.8, 4) is 0 Å². The van der Waals surface area contributed by atoms with E-state index in [9.17, 15) is 9.90 Å². The average molecular weight is 512 g/mol. The highest BCUT2D eigenvalue weighted by atomic mass is 79.9. The van der Waals surface area contributed by atoms with Crippen LogP contribution in [0, 0.1) is 0 Å². The SMILES string of the molecule is O=C1CCN(c2ccc(Br)cn2)CC1.OC1CCN(c2ccc(Br)cn2)CC1. The maximum absolute atomic E-state index is 11.0. The maximum atomic E-state index is 11.0. The number of ketones is 1. The van der Waals surface area contributed by atoms with E-state index in [1.807, 2.05) is 24.3 Å². The van der Waals surface area contributed by atoms with Gasteiger partial charge in [-0.1, -0.05) is 0 Å². The quantitative estimate of drug-likeness (QED) is 0.661. The Balaban J connectivity index is 0.000000161. The van der Waals surface area contributed by atoms with Crippen molar-refractivity contribution in [2.75, 3.05) is 36.0 Å². The molecule has 8 heteroatoms. The molecular weight excluding hydrogens is 488 g/mol. The lowest BCUT2D eigenvalue weighted by Gasteiger charge is -2.30. The van der Waals surface area contributed by atoms with E-state index in [0.717, 1.165) is 59.6 Å². The molecule has 0 radical (unpaired) electrons. The molecule has 4 rings (SSSR count). The van der Waals surface area contributed by atoms with Gasteiger partial charge in [0.2, 0.25) is 0 Å². The minimum atomic E-state index is -0.123. The average Bonchev–Trinajstić information content (AvgIpc) is 2.71. The summed E-state index contributed by atoms with van der Waals surface area (Å²) in [7, 11) is 0. The van der Waals surface area contributed by atoms with Crippen LogP contribution in [0.3, 0.4) is 0 Å². The first kappa shape index (κ1) is 21.2. The molecule has 2 aromatic rings. The molecule has 0 saturated carbocycles. The van der Waals surface area contributed by atoms with Crippen LogP contribution in [0.4, 0.5) is 11.6 Å². The predicted octanol–water partition coefficient (Wildman–Crippen LogP) is 3.82. The molecule has 28 heavy (non-hydrogen) atoms. The van der Waals surface area contributed by atoms with Crippen molar-refractivity contribution in [1.29, 1.82) is 0 Å². The number of carbonyl (C=O) groups excluding carboxylic acids is 1. The van der Waals surface area contributed by atoms with Gasteiger partial charge in [0, 0.05) is 60.4 Å². The Hall–Kier alpha value is -1.51. The van der Waals surface area contributed by atoms with Crippen LogP contribution in [-0.2, 0) is 4.79 Å². The van der Waals surface area contributed by atoms with Crippen LogP contribution in [0.5, 0.6) is 0 Å². The van der Waals surface area contributed by atoms with E-state index in [4.69, 9.17) is 0 Å². The van der Waals surface area contributed by atoms with Crippen LogP contribution < -0.4 is 9.80 Å². The van der Waals surface area contributed by atoms with Gasteiger partial charge in [-0.05, 0) is 69.0 Å². The molecule has 2 aromatic heterocycles. The second kappa shape index (κ2) is 10.3. The van der Waals surface area contributed by atoms with Crippen molar-refractivity contribution in [1.82, 2.24) is 9.97 Å². The second-order valence-electron chi connectivity index (χ2n) is 6.91. The number of carbonyl (C=O) groups is 1. The first-order valence-corrected chi connectivity index (χ1v) is 11.0. The lowest BCUT2D eigenvalue weighted by molar-refractivity contribution is -0.119. The topological polar surface area (TPSA) is 69.6 Å². The number of Topliss-reactive ketones (excluding diaryl/α,β-unsaturated/α-hetero) is 1. The number of aliphatic hydroxyl groups is 1. The van der Waals surface area contributed by atoms with Crippen LogP contribution in [-0.4, -0.2) is 53.1 Å². The molecule has 0 unspecified atom stereocenters. The van der Waals surface area contributed by atoms with Crippen LogP contribution in [0.2, 0.25) is 0 Å². The Morgan fingerprint density at radius 3 is 1.71 bits per heavy atom. The van der Waals surface area contributed by atoms with Gasteiger partial charge in [0.05, 0.1) is 6.10 Å². The third kappa shape index (κ3) is 6.25. The number of hydrogen-bond donors (Lipinski definition) is 1. The summed E-state index contributed by atoms with van der Waals surface area (Å²) >= 11 is 6.70. The fraction of sp³-hybridized carbons (Fsp3) is 0.450. The number of pyridine rings is 2. The number of nitrogens with zero attached hydrogens (tertiary/aromatic N) is 4. The summed E-state index contributed by atoms with van der Waals surface area (Å²) in [6.45, 7) is 3.40. The lowest BCUT2D eigenvalue weighted by atomic mass is 10.1. The summed E-state index contributed by atoms with van der Waals surface area (Å²) in [5.41, 5.74) is 0. The van der Waals surface area contributed by atoms with Crippen molar-refractivity contribution < 1.29 is 9.90 Å². The van der Waals surface area contributed by atoms with Gasteiger partial charge in [0.25, 0.3) is 0 Å². The number of aromatic nitrogens is 2. The van der Waals surface area contributed by atoms with Crippen LogP contribution >= 0.6 is 31.9 Å². The zero-order valence-corrected chi connectivity index (χ0v) is 18.8. The van der Waals surface area contributed by atoms with E-state index >= 15 is 0 Å². The zero-order valence-electron chi connectivity index (χ0n) is 15.6. The molecule has 0 atom stereocenters. The summed E-state index contributed by atoms with van der Waals surface area (Å²) < 4.78 is 1.98. The van der Waals surface area contributed by atoms with Crippen LogP contribution in [0.15, 0.2) is 45.6 Å². The van der Waals surface area contributed by atoms with Gasteiger partial charge < -0.3 is 14.9 Å². The summed E-state index contributed by atoms with van der Waals surface area (Å²) in [6.07, 6.45) is 6.46. The van der Waals surface area contributed by atoms with E-state index < -0.39 is 0 Å². The number of hydrogen-bond acceptors (Lipinski definition) is 6. The Kier molecular flexibility index (Phi) is 7.82. The molecule has 2 aliphatic heterocycles. The smallest absolute Gasteiger partial charge is 0.136 e. The third-order valence-corrected chi connectivity index (χ3v) is 5.80. The molecule has 2 fully saturated rings. The first-order chi connectivity index (χ1) is 13.5.